The van der Waals surface area contributed by atoms with Gasteiger partial charge in [0.05, 0.1) is 5.75 Å². The van der Waals surface area contributed by atoms with Crippen molar-refractivity contribution in [3.05, 3.63) is 29.8 Å². The number of aliphatic imine (C=N–C) groups is 1. The van der Waals surface area contributed by atoms with Gasteiger partial charge in [0.25, 0.3) is 0 Å². The minimum Gasteiger partial charge on any atom is -0.356 e. The number of anilines is 1. The second-order valence-corrected chi connectivity index (χ2v) is 9.11. The van der Waals surface area contributed by atoms with Crippen LogP contribution in [0, 0.1) is 0 Å². The first kappa shape index (κ1) is 22.2. The zero-order valence-corrected chi connectivity index (χ0v) is 17.8. The number of nitrogens with one attached hydrogen (secondary N) is 2. The minimum absolute atomic E-state index is 0.116. The van der Waals surface area contributed by atoms with Crippen LogP contribution >= 0.6 is 0 Å². The molecule has 1 saturated heterocycles. The summed E-state index contributed by atoms with van der Waals surface area (Å²) in [4.78, 5) is 17.8. The highest BCUT2D eigenvalue weighted by atomic mass is 32.2. The molecular weight excluding hydrogens is 378 g/mol. The highest BCUT2D eigenvalue weighted by Gasteiger charge is 2.21. The van der Waals surface area contributed by atoms with Crippen molar-refractivity contribution in [2.24, 2.45) is 4.99 Å². The fourth-order valence-corrected chi connectivity index (χ4v) is 3.84. The van der Waals surface area contributed by atoms with E-state index in [9.17, 15) is 13.2 Å². The Morgan fingerprint density at radius 1 is 1.25 bits per heavy atom. The normalized spacial score (nSPS) is 15.4. The van der Waals surface area contributed by atoms with E-state index in [4.69, 9.17) is 0 Å². The third kappa shape index (κ3) is 6.20. The molecule has 9 heteroatoms. The molecule has 0 radical (unpaired) electrons. The number of hydrogen-bond acceptors (Lipinski definition) is 4. The van der Waals surface area contributed by atoms with Gasteiger partial charge in [0.2, 0.25) is 15.9 Å². The van der Waals surface area contributed by atoms with E-state index in [0.29, 0.717) is 38.4 Å². The van der Waals surface area contributed by atoms with Crippen molar-refractivity contribution in [2.45, 2.75) is 32.7 Å². The zero-order chi connectivity index (χ0) is 20.6. The lowest BCUT2D eigenvalue weighted by Gasteiger charge is -2.17. The van der Waals surface area contributed by atoms with E-state index in [1.165, 1.54) is 4.31 Å². The third-order valence-electron chi connectivity index (χ3n) is 4.79. The lowest BCUT2D eigenvalue weighted by Crippen LogP contribution is -2.38. The summed E-state index contributed by atoms with van der Waals surface area (Å²) < 4.78 is 24.8. The summed E-state index contributed by atoms with van der Waals surface area (Å²) in [6.07, 6.45) is 2.24. The van der Waals surface area contributed by atoms with Gasteiger partial charge >= 0.3 is 0 Å². The monoisotopic (exact) mass is 409 g/mol. The van der Waals surface area contributed by atoms with E-state index in [1.54, 1.807) is 21.0 Å². The number of benzene rings is 1. The van der Waals surface area contributed by atoms with Crippen molar-refractivity contribution >= 4 is 27.6 Å². The van der Waals surface area contributed by atoms with Gasteiger partial charge in [-0.25, -0.2) is 12.7 Å². The van der Waals surface area contributed by atoms with Gasteiger partial charge in [-0.1, -0.05) is 12.1 Å². The van der Waals surface area contributed by atoms with Crippen LogP contribution in [0.3, 0.4) is 0 Å². The predicted molar refractivity (Wildman–Crippen MR) is 113 cm³/mol. The number of carbonyl (C=O) groups is 1. The molecule has 0 atom stereocenters. The molecule has 2 rings (SSSR count). The quantitative estimate of drug-likeness (QED) is 0.363. The van der Waals surface area contributed by atoms with Crippen molar-refractivity contribution in [3.63, 3.8) is 0 Å². The molecule has 0 saturated carbocycles. The standard InChI is InChI=1S/C19H31N5O3S/c1-4-28(26,27)23(3)13-6-12-21-19(20-2)22-15-16-8-10-17(11-9-16)24-14-5-7-18(24)25/h8-11H,4-7,12-15H2,1-3H3,(H2,20,21,22). The van der Waals surface area contributed by atoms with Gasteiger partial charge in [0, 0.05) is 52.4 Å². The van der Waals surface area contributed by atoms with Crippen LogP contribution in [0.1, 0.15) is 31.7 Å². The molecule has 1 amide bonds. The summed E-state index contributed by atoms with van der Waals surface area (Å²) in [5, 5.41) is 6.43. The molecule has 2 N–H and O–H groups in total. The first-order chi connectivity index (χ1) is 13.4. The fraction of sp³-hybridized carbons (Fsp3) is 0.579. The first-order valence-corrected chi connectivity index (χ1v) is 11.3. The van der Waals surface area contributed by atoms with E-state index < -0.39 is 10.0 Å². The number of amides is 1. The Hall–Kier alpha value is -2.13. The number of sulfonamides is 1. The Bertz CT molecular complexity index is 777. The van der Waals surface area contributed by atoms with Crippen molar-refractivity contribution < 1.29 is 13.2 Å². The summed E-state index contributed by atoms with van der Waals surface area (Å²) in [5.74, 6) is 0.970. The molecule has 28 heavy (non-hydrogen) atoms. The van der Waals surface area contributed by atoms with Gasteiger partial charge in [0.1, 0.15) is 0 Å². The maximum absolute atomic E-state index is 11.8. The molecule has 0 unspecified atom stereocenters. The van der Waals surface area contributed by atoms with Crippen LogP contribution in [0.15, 0.2) is 29.3 Å². The molecule has 156 valence electrons. The molecular formula is C19H31N5O3S. The third-order valence-corrected chi connectivity index (χ3v) is 6.65. The summed E-state index contributed by atoms with van der Waals surface area (Å²) in [7, 11) is 0.173. The Morgan fingerprint density at radius 2 is 1.96 bits per heavy atom. The van der Waals surface area contributed by atoms with Crippen molar-refractivity contribution in [1.82, 2.24) is 14.9 Å². The van der Waals surface area contributed by atoms with E-state index in [-0.39, 0.29) is 11.7 Å². The van der Waals surface area contributed by atoms with Crippen molar-refractivity contribution in [1.29, 1.82) is 0 Å². The van der Waals surface area contributed by atoms with Crippen LogP contribution in [0.4, 0.5) is 5.69 Å². The Balaban J connectivity index is 1.74. The lowest BCUT2D eigenvalue weighted by atomic mass is 10.2. The highest BCUT2D eigenvalue weighted by molar-refractivity contribution is 7.89. The Kier molecular flexibility index (Phi) is 8.25. The zero-order valence-electron chi connectivity index (χ0n) is 16.9. The summed E-state index contributed by atoms with van der Waals surface area (Å²) in [6, 6.07) is 7.96. The summed E-state index contributed by atoms with van der Waals surface area (Å²) in [5.41, 5.74) is 2.03. The molecule has 1 aromatic rings. The van der Waals surface area contributed by atoms with Gasteiger partial charge in [0.15, 0.2) is 5.96 Å². The van der Waals surface area contributed by atoms with Gasteiger partial charge < -0.3 is 15.5 Å². The van der Waals surface area contributed by atoms with Crippen molar-refractivity contribution in [3.8, 4) is 0 Å². The van der Waals surface area contributed by atoms with Gasteiger partial charge in [-0.05, 0) is 37.5 Å². The topological polar surface area (TPSA) is 94.1 Å². The molecule has 1 fully saturated rings. The molecule has 8 nitrogen and oxygen atoms in total. The number of carbonyl (C=O) groups excluding carboxylic acids is 1. The summed E-state index contributed by atoms with van der Waals surface area (Å²) in [6.45, 7) is 4.14. The molecule has 0 aliphatic carbocycles. The van der Waals surface area contributed by atoms with E-state index in [1.807, 2.05) is 29.2 Å². The number of hydrogen-bond donors (Lipinski definition) is 2. The van der Waals surface area contributed by atoms with Crippen LogP contribution in [-0.2, 0) is 21.4 Å². The first-order valence-electron chi connectivity index (χ1n) is 9.65. The van der Waals surface area contributed by atoms with E-state index in [0.717, 1.165) is 24.2 Å². The van der Waals surface area contributed by atoms with E-state index >= 15 is 0 Å². The fourth-order valence-electron chi connectivity index (χ4n) is 2.99. The second-order valence-electron chi connectivity index (χ2n) is 6.74. The molecule has 1 heterocycles. The minimum atomic E-state index is -3.13. The average Bonchev–Trinajstić information content (AvgIpc) is 3.13. The molecule has 0 bridgehead atoms. The van der Waals surface area contributed by atoms with Crippen LogP contribution in [0.25, 0.3) is 0 Å². The van der Waals surface area contributed by atoms with Gasteiger partial charge in [-0.3, -0.25) is 9.79 Å². The SMILES string of the molecule is CCS(=O)(=O)N(C)CCCNC(=NC)NCc1ccc(N2CCCC2=O)cc1. The molecule has 0 aromatic heterocycles. The van der Waals surface area contributed by atoms with Crippen LogP contribution in [0.5, 0.6) is 0 Å². The lowest BCUT2D eigenvalue weighted by molar-refractivity contribution is -0.117. The number of rotatable bonds is 9. The smallest absolute Gasteiger partial charge is 0.227 e. The Labute approximate surface area is 168 Å². The van der Waals surface area contributed by atoms with Crippen molar-refractivity contribution in [2.75, 3.05) is 44.4 Å². The highest BCUT2D eigenvalue weighted by Crippen LogP contribution is 2.21. The Morgan fingerprint density at radius 3 is 2.54 bits per heavy atom. The number of guanidine groups is 1. The maximum atomic E-state index is 11.8. The molecule has 1 aromatic carbocycles. The predicted octanol–water partition coefficient (Wildman–Crippen LogP) is 1.15. The van der Waals surface area contributed by atoms with Gasteiger partial charge in [-0.2, -0.15) is 0 Å². The van der Waals surface area contributed by atoms with Crippen LogP contribution < -0.4 is 15.5 Å². The van der Waals surface area contributed by atoms with Crippen LogP contribution in [-0.4, -0.2) is 64.1 Å². The molecule has 1 aliphatic heterocycles. The largest absolute Gasteiger partial charge is 0.356 e. The average molecular weight is 410 g/mol. The molecule has 1 aliphatic rings. The maximum Gasteiger partial charge on any atom is 0.227 e. The molecule has 0 spiro atoms. The number of nitrogens with zero attached hydrogens (tertiary/aromatic N) is 3. The van der Waals surface area contributed by atoms with E-state index in [2.05, 4.69) is 15.6 Å². The van der Waals surface area contributed by atoms with Gasteiger partial charge in [-0.15, -0.1) is 0 Å². The van der Waals surface area contributed by atoms with Crippen LogP contribution in [0.2, 0.25) is 0 Å². The second kappa shape index (κ2) is 10.4. The summed E-state index contributed by atoms with van der Waals surface area (Å²) >= 11 is 0.